The molecular formula is C13H20N4O3. The van der Waals surface area contributed by atoms with Gasteiger partial charge in [-0.3, -0.25) is 14.4 Å². The van der Waals surface area contributed by atoms with E-state index in [1.165, 1.54) is 6.20 Å². The average Bonchev–Trinajstić information content (AvgIpc) is 2.99. The largest absolute Gasteiger partial charge is 0.462 e. The molecule has 1 aliphatic heterocycles. The van der Waals surface area contributed by atoms with E-state index < -0.39 is 0 Å². The van der Waals surface area contributed by atoms with Crippen LogP contribution in [0.25, 0.3) is 0 Å². The lowest BCUT2D eigenvalue weighted by atomic mass is 10.1. The first kappa shape index (κ1) is 14.5. The zero-order valence-electron chi connectivity index (χ0n) is 11.8. The number of hydrogen-bond acceptors (Lipinski definition) is 5. The first-order chi connectivity index (χ1) is 9.52. The van der Waals surface area contributed by atoms with Crippen LogP contribution in [-0.4, -0.2) is 46.3 Å². The summed E-state index contributed by atoms with van der Waals surface area (Å²) in [6.07, 6.45) is 2.29. The number of aromatic nitrogens is 2. The Kier molecular flexibility index (Phi) is 4.39. The summed E-state index contributed by atoms with van der Waals surface area (Å²) in [6, 6.07) is 0. The molecule has 0 aromatic carbocycles. The Labute approximate surface area is 117 Å². The van der Waals surface area contributed by atoms with Gasteiger partial charge in [0.1, 0.15) is 5.56 Å². The van der Waals surface area contributed by atoms with Gasteiger partial charge in [0.25, 0.3) is 0 Å². The van der Waals surface area contributed by atoms with Crippen LogP contribution >= 0.6 is 0 Å². The minimum atomic E-state index is -0.360. The first-order valence-electron chi connectivity index (χ1n) is 6.72. The summed E-state index contributed by atoms with van der Waals surface area (Å²) in [4.78, 5) is 25.1. The number of esters is 1. The molecule has 0 saturated carbocycles. The highest BCUT2D eigenvalue weighted by Crippen LogP contribution is 2.20. The van der Waals surface area contributed by atoms with Crippen LogP contribution in [0.4, 0.5) is 0 Å². The Morgan fingerprint density at radius 3 is 2.90 bits per heavy atom. The summed E-state index contributed by atoms with van der Waals surface area (Å²) < 4.78 is 6.69. The van der Waals surface area contributed by atoms with Gasteiger partial charge in [0, 0.05) is 20.1 Å². The molecule has 0 radical (unpaired) electrons. The number of carbonyl (C=O) groups is 2. The van der Waals surface area contributed by atoms with Gasteiger partial charge in [-0.15, -0.1) is 0 Å². The van der Waals surface area contributed by atoms with Crippen molar-refractivity contribution in [3.05, 3.63) is 17.5 Å². The molecule has 1 aromatic rings. The van der Waals surface area contributed by atoms with Crippen LogP contribution in [0.5, 0.6) is 0 Å². The van der Waals surface area contributed by atoms with Gasteiger partial charge < -0.3 is 10.5 Å². The summed E-state index contributed by atoms with van der Waals surface area (Å²) in [7, 11) is 1.79. The second-order valence-electron chi connectivity index (χ2n) is 4.97. The van der Waals surface area contributed by atoms with Crippen molar-refractivity contribution in [1.29, 1.82) is 0 Å². The average molecular weight is 280 g/mol. The van der Waals surface area contributed by atoms with E-state index in [0.29, 0.717) is 25.3 Å². The minimum Gasteiger partial charge on any atom is -0.462 e. The molecule has 1 unspecified atom stereocenters. The van der Waals surface area contributed by atoms with Crippen molar-refractivity contribution < 1.29 is 14.3 Å². The lowest BCUT2D eigenvalue weighted by Gasteiger charge is -2.16. The maximum Gasteiger partial charge on any atom is 0.341 e. The summed E-state index contributed by atoms with van der Waals surface area (Å²) in [5.74, 6) is -0.723. The molecule has 0 spiro atoms. The molecule has 2 rings (SSSR count). The van der Waals surface area contributed by atoms with Crippen LogP contribution in [0.1, 0.15) is 29.4 Å². The number of aryl methyl sites for hydroxylation is 1. The van der Waals surface area contributed by atoms with Gasteiger partial charge in [0.2, 0.25) is 5.91 Å². The molecular weight excluding hydrogens is 260 g/mol. The topological polar surface area (TPSA) is 90.4 Å². The third-order valence-corrected chi connectivity index (χ3v) is 3.61. The molecule has 110 valence electrons. The number of likely N-dealkylation sites (tertiary alicyclic amines) is 1. The third kappa shape index (κ3) is 2.98. The normalized spacial score (nSPS) is 19.2. The lowest BCUT2D eigenvalue weighted by molar-refractivity contribution is -0.121. The third-order valence-electron chi connectivity index (χ3n) is 3.61. The number of primary amides is 1. The molecule has 1 atom stereocenters. The van der Waals surface area contributed by atoms with Crippen LogP contribution in [0.3, 0.4) is 0 Å². The number of nitrogens with two attached hydrogens (primary N) is 1. The van der Waals surface area contributed by atoms with E-state index >= 15 is 0 Å². The van der Waals surface area contributed by atoms with E-state index in [2.05, 4.69) is 10.00 Å². The van der Waals surface area contributed by atoms with Crippen molar-refractivity contribution in [3.8, 4) is 0 Å². The standard InChI is InChI=1S/C13H20N4O3/c1-3-20-13(19)10-6-15-16(2)11(10)8-17-5-4-9(7-17)12(14)18/h6,9H,3-5,7-8H2,1-2H3,(H2,14,18). The van der Waals surface area contributed by atoms with Crippen molar-refractivity contribution in [3.63, 3.8) is 0 Å². The first-order valence-corrected chi connectivity index (χ1v) is 6.72. The number of hydrogen-bond donors (Lipinski definition) is 1. The van der Waals surface area contributed by atoms with Crippen molar-refractivity contribution in [2.45, 2.75) is 19.9 Å². The Morgan fingerprint density at radius 2 is 2.30 bits per heavy atom. The zero-order valence-corrected chi connectivity index (χ0v) is 11.8. The van der Waals surface area contributed by atoms with Gasteiger partial charge in [0.15, 0.2) is 0 Å². The maximum atomic E-state index is 11.9. The summed E-state index contributed by atoms with van der Waals surface area (Å²) in [6.45, 7) is 4.09. The number of amides is 1. The second-order valence-corrected chi connectivity index (χ2v) is 4.97. The lowest BCUT2D eigenvalue weighted by Crippen LogP contribution is -2.28. The quantitative estimate of drug-likeness (QED) is 0.761. The summed E-state index contributed by atoms with van der Waals surface area (Å²) in [5.41, 5.74) is 6.61. The van der Waals surface area contributed by atoms with Crippen molar-refractivity contribution in [2.75, 3.05) is 19.7 Å². The number of rotatable bonds is 5. The van der Waals surface area contributed by atoms with Crippen LogP contribution in [0.2, 0.25) is 0 Å². The number of carbonyl (C=O) groups excluding carboxylic acids is 2. The van der Waals surface area contributed by atoms with E-state index in [-0.39, 0.29) is 17.8 Å². The van der Waals surface area contributed by atoms with Crippen LogP contribution < -0.4 is 5.73 Å². The molecule has 1 fully saturated rings. The molecule has 2 N–H and O–H groups in total. The van der Waals surface area contributed by atoms with Gasteiger partial charge in [0.05, 0.1) is 24.4 Å². The number of nitrogens with zero attached hydrogens (tertiary/aromatic N) is 3. The molecule has 0 bridgehead atoms. The van der Waals surface area contributed by atoms with E-state index in [0.717, 1.165) is 18.7 Å². The van der Waals surface area contributed by atoms with Gasteiger partial charge in [-0.05, 0) is 19.9 Å². The van der Waals surface area contributed by atoms with E-state index in [9.17, 15) is 9.59 Å². The van der Waals surface area contributed by atoms with E-state index in [1.54, 1.807) is 18.7 Å². The van der Waals surface area contributed by atoms with Gasteiger partial charge in [-0.2, -0.15) is 5.10 Å². The predicted molar refractivity (Wildman–Crippen MR) is 71.7 cm³/mol. The Hall–Kier alpha value is -1.89. The zero-order chi connectivity index (χ0) is 14.7. The predicted octanol–water partition coefficient (Wildman–Crippen LogP) is -0.0960. The molecule has 7 heteroatoms. The summed E-state index contributed by atoms with van der Waals surface area (Å²) in [5, 5.41) is 4.11. The molecule has 1 amide bonds. The van der Waals surface area contributed by atoms with Gasteiger partial charge in [-0.1, -0.05) is 0 Å². The molecule has 7 nitrogen and oxygen atoms in total. The Morgan fingerprint density at radius 1 is 1.55 bits per heavy atom. The van der Waals surface area contributed by atoms with Crippen LogP contribution in [-0.2, 0) is 23.1 Å². The van der Waals surface area contributed by atoms with E-state index in [1.807, 2.05) is 0 Å². The second kappa shape index (κ2) is 6.04. The molecule has 1 aromatic heterocycles. The highest BCUT2D eigenvalue weighted by molar-refractivity contribution is 5.90. The number of ether oxygens (including phenoxy) is 1. The van der Waals surface area contributed by atoms with Gasteiger partial charge in [-0.25, -0.2) is 4.79 Å². The van der Waals surface area contributed by atoms with E-state index in [4.69, 9.17) is 10.5 Å². The Balaban J connectivity index is 2.08. The Bertz CT molecular complexity index is 512. The van der Waals surface area contributed by atoms with Gasteiger partial charge >= 0.3 is 5.97 Å². The SMILES string of the molecule is CCOC(=O)c1cnn(C)c1CN1CCC(C(N)=O)C1. The molecule has 0 aliphatic carbocycles. The molecule has 1 aliphatic rings. The molecule has 20 heavy (non-hydrogen) atoms. The minimum absolute atomic E-state index is 0.103. The van der Waals surface area contributed by atoms with Crippen LogP contribution in [0.15, 0.2) is 6.20 Å². The van der Waals surface area contributed by atoms with Crippen molar-refractivity contribution in [2.24, 2.45) is 18.7 Å². The highest BCUT2D eigenvalue weighted by Gasteiger charge is 2.28. The summed E-state index contributed by atoms with van der Waals surface area (Å²) >= 11 is 0. The van der Waals surface area contributed by atoms with Crippen molar-refractivity contribution >= 4 is 11.9 Å². The maximum absolute atomic E-state index is 11.9. The molecule has 1 saturated heterocycles. The molecule has 2 heterocycles. The fourth-order valence-corrected chi connectivity index (χ4v) is 2.45. The monoisotopic (exact) mass is 280 g/mol. The fourth-order valence-electron chi connectivity index (χ4n) is 2.45. The van der Waals surface area contributed by atoms with Crippen LogP contribution in [0, 0.1) is 5.92 Å². The smallest absolute Gasteiger partial charge is 0.341 e. The fraction of sp³-hybridized carbons (Fsp3) is 0.615. The van der Waals surface area contributed by atoms with Crippen molar-refractivity contribution in [1.82, 2.24) is 14.7 Å². The highest BCUT2D eigenvalue weighted by atomic mass is 16.5.